The Balaban J connectivity index is 2.59. The Labute approximate surface area is 109 Å². The van der Waals surface area contributed by atoms with Gasteiger partial charge in [-0.1, -0.05) is 0 Å². The molecule has 8 heteroatoms. The molecule has 0 unspecified atom stereocenters. The summed E-state index contributed by atoms with van der Waals surface area (Å²) in [4.78, 5) is 37.0. The second-order valence-corrected chi connectivity index (χ2v) is 3.85. The average Bonchev–Trinajstić information content (AvgIpc) is 2.30. The van der Waals surface area contributed by atoms with Gasteiger partial charge in [-0.15, -0.1) is 0 Å². The number of pyridine rings is 1. The number of rotatable bonds is 5. The van der Waals surface area contributed by atoms with Crippen LogP contribution in [0.25, 0.3) is 0 Å². The summed E-state index contributed by atoms with van der Waals surface area (Å²) in [6.07, 6.45) is 0.952. The first-order valence-corrected chi connectivity index (χ1v) is 5.39. The van der Waals surface area contributed by atoms with Gasteiger partial charge >= 0.3 is 12.0 Å². The first-order chi connectivity index (χ1) is 8.88. The van der Waals surface area contributed by atoms with Crippen LogP contribution in [0.1, 0.15) is 12.1 Å². The maximum absolute atomic E-state index is 11.5. The summed E-state index contributed by atoms with van der Waals surface area (Å²) in [6.45, 7) is 1.79. The van der Waals surface area contributed by atoms with Crippen LogP contribution < -0.4 is 16.4 Å². The molecule has 0 fully saturated rings. The maximum atomic E-state index is 11.5. The van der Waals surface area contributed by atoms with Gasteiger partial charge in [-0.3, -0.25) is 9.78 Å². The minimum Gasteiger partial charge on any atom is -0.480 e. The zero-order valence-electron chi connectivity index (χ0n) is 10.2. The summed E-state index contributed by atoms with van der Waals surface area (Å²) in [5, 5.41) is 13.3. The molecule has 1 heterocycles. The maximum Gasteiger partial charge on any atom is 0.326 e. The van der Waals surface area contributed by atoms with Crippen molar-refractivity contribution in [1.29, 1.82) is 0 Å². The standard InChI is InChI=1S/C11H14N4O4/c1-6-2-3-7(5-13-6)14-11(19)15-8(10(17)18)4-9(12)16/h2-3,5,8H,4H2,1H3,(H2,12,16)(H,17,18)(H2,14,15,19)/t8-/m1/s1. The van der Waals surface area contributed by atoms with Crippen molar-refractivity contribution in [2.24, 2.45) is 5.73 Å². The lowest BCUT2D eigenvalue weighted by molar-refractivity contribution is -0.140. The van der Waals surface area contributed by atoms with Crippen LogP contribution in [0.3, 0.4) is 0 Å². The Bertz CT molecular complexity index is 486. The number of nitrogens with zero attached hydrogens (tertiary/aromatic N) is 1. The molecule has 5 N–H and O–H groups in total. The number of hydrogen-bond donors (Lipinski definition) is 4. The van der Waals surface area contributed by atoms with E-state index in [2.05, 4.69) is 15.6 Å². The van der Waals surface area contributed by atoms with Crippen LogP contribution in [0.5, 0.6) is 0 Å². The van der Waals surface area contributed by atoms with Gasteiger partial charge in [0.1, 0.15) is 6.04 Å². The molecule has 3 amide bonds. The van der Waals surface area contributed by atoms with E-state index >= 15 is 0 Å². The number of aryl methyl sites for hydroxylation is 1. The molecule has 0 aliphatic rings. The number of primary amides is 1. The van der Waals surface area contributed by atoms with E-state index in [1.54, 1.807) is 19.1 Å². The molecule has 1 atom stereocenters. The van der Waals surface area contributed by atoms with Gasteiger partial charge < -0.3 is 21.5 Å². The van der Waals surface area contributed by atoms with E-state index in [1.165, 1.54) is 6.20 Å². The van der Waals surface area contributed by atoms with Gasteiger partial charge in [-0.25, -0.2) is 9.59 Å². The summed E-state index contributed by atoms with van der Waals surface area (Å²) in [7, 11) is 0. The van der Waals surface area contributed by atoms with Crippen molar-refractivity contribution in [1.82, 2.24) is 10.3 Å². The smallest absolute Gasteiger partial charge is 0.326 e. The number of carboxylic acid groups (broad SMARTS) is 1. The third-order valence-electron chi connectivity index (χ3n) is 2.18. The van der Waals surface area contributed by atoms with Gasteiger partial charge in [-0.2, -0.15) is 0 Å². The number of hydrogen-bond acceptors (Lipinski definition) is 4. The molecule has 0 spiro atoms. The predicted molar refractivity (Wildman–Crippen MR) is 66.4 cm³/mol. The number of urea groups is 1. The molecular weight excluding hydrogens is 252 g/mol. The Hall–Kier alpha value is -2.64. The first kappa shape index (κ1) is 14.4. The highest BCUT2D eigenvalue weighted by Gasteiger charge is 2.22. The van der Waals surface area contributed by atoms with Crippen LogP contribution in [-0.2, 0) is 9.59 Å². The van der Waals surface area contributed by atoms with Gasteiger partial charge in [0.2, 0.25) is 5.91 Å². The molecule has 102 valence electrons. The fourth-order valence-corrected chi connectivity index (χ4v) is 1.27. The fourth-order valence-electron chi connectivity index (χ4n) is 1.27. The number of nitrogens with two attached hydrogens (primary N) is 1. The highest BCUT2D eigenvalue weighted by molar-refractivity contribution is 5.93. The molecule has 0 radical (unpaired) electrons. The first-order valence-electron chi connectivity index (χ1n) is 5.39. The minimum atomic E-state index is -1.36. The van der Waals surface area contributed by atoms with Crippen molar-refractivity contribution in [3.8, 4) is 0 Å². The van der Waals surface area contributed by atoms with Crippen LogP contribution in [0.15, 0.2) is 18.3 Å². The van der Waals surface area contributed by atoms with E-state index in [-0.39, 0.29) is 0 Å². The van der Waals surface area contributed by atoms with Crippen LogP contribution in [0.2, 0.25) is 0 Å². The summed E-state index contributed by atoms with van der Waals surface area (Å²) >= 11 is 0. The Morgan fingerprint density at radius 2 is 2.11 bits per heavy atom. The summed E-state index contributed by atoms with van der Waals surface area (Å²) in [5.41, 5.74) is 6.08. The molecule has 1 aromatic rings. The van der Waals surface area contributed by atoms with Crippen LogP contribution >= 0.6 is 0 Å². The van der Waals surface area contributed by atoms with Crippen molar-refractivity contribution in [2.45, 2.75) is 19.4 Å². The minimum absolute atomic E-state index is 0.409. The van der Waals surface area contributed by atoms with E-state index in [9.17, 15) is 14.4 Å². The van der Waals surface area contributed by atoms with Crippen LogP contribution in [0, 0.1) is 6.92 Å². The topological polar surface area (TPSA) is 134 Å². The van der Waals surface area contributed by atoms with Crippen molar-refractivity contribution < 1.29 is 19.5 Å². The van der Waals surface area contributed by atoms with Gasteiger partial charge in [0, 0.05) is 5.69 Å². The molecule has 0 aliphatic heterocycles. The zero-order valence-corrected chi connectivity index (χ0v) is 10.2. The SMILES string of the molecule is Cc1ccc(NC(=O)N[C@H](CC(N)=O)C(=O)O)cn1. The average molecular weight is 266 g/mol. The summed E-state index contributed by atoms with van der Waals surface area (Å²) in [5.74, 6) is -2.15. The van der Waals surface area contributed by atoms with E-state index in [1.807, 2.05) is 0 Å². The Morgan fingerprint density at radius 3 is 2.58 bits per heavy atom. The fraction of sp³-hybridized carbons (Fsp3) is 0.273. The van der Waals surface area contributed by atoms with Gasteiger partial charge in [-0.05, 0) is 19.1 Å². The Kier molecular flexibility index (Phi) is 4.81. The molecular formula is C11H14N4O4. The molecule has 1 aromatic heterocycles. The molecule has 0 saturated carbocycles. The molecule has 0 aliphatic carbocycles. The normalized spacial score (nSPS) is 11.4. The lowest BCUT2D eigenvalue weighted by Gasteiger charge is -2.13. The van der Waals surface area contributed by atoms with Gasteiger partial charge in [0.15, 0.2) is 0 Å². The third-order valence-corrected chi connectivity index (χ3v) is 2.18. The van der Waals surface area contributed by atoms with E-state index in [4.69, 9.17) is 10.8 Å². The van der Waals surface area contributed by atoms with Gasteiger partial charge in [0.05, 0.1) is 18.3 Å². The van der Waals surface area contributed by atoms with E-state index < -0.39 is 30.4 Å². The van der Waals surface area contributed by atoms with Crippen molar-refractivity contribution in [3.63, 3.8) is 0 Å². The number of nitrogens with one attached hydrogen (secondary N) is 2. The number of carbonyl (C=O) groups excluding carboxylic acids is 2. The zero-order chi connectivity index (χ0) is 14.4. The number of amides is 3. The highest BCUT2D eigenvalue weighted by atomic mass is 16.4. The summed E-state index contributed by atoms with van der Waals surface area (Å²) < 4.78 is 0. The number of carbonyl (C=O) groups is 3. The predicted octanol–water partition coefficient (Wildman–Crippen LogP) is -0.160. The lowest BCUT2D eigenvalue weighted by Crippen LogP contribution is -2.45. The monoisotopic (exact) mass is 266 g/mol. The Morgan fingerprint density at radius 1 is 1.42 bits per heavy atom. The van der Waals surface area contributed by atoms with Crippen molar-refractivity contribution in [2.75, 3.05) is 5.32 Å². The molecule has 8 nitrogen and oxygen atoms in total. The molecule has 1 rings (SSSR count). The van der Waals surface area contributed by atoms with Crippen molar-refractivity contribution >= 4 is 23.6 Å². The van der Waals surface area contributed by atoms with E-state index in [0.717, 1.165) is 5.69 Å². The second-order valence-electron chi connectivity index (χ2n) is 3.85. The van der Waals surface area contributed by atoms with Crippen LogP contribution in [0.4, 0.5) is 10.5 Å². The number of aliphatic carboxylic acids is 1. The largest absolute Gasteiger partial charge is 0.480 e. The quantitative estimate of drug-likeness (QED) is 0.587. The molecule has 0 aromatic carbocycles. The van der Waals surface area contributed by atoms with Gasteiger partial charge in [0.25, 0.3) is 0 Å². The number of carboxylic acids is 1. The second kappa shape index (κ2) is 6.34. The molecule has 0 saturated heterocycles. The van der Waals surface area contributed by atoms with Crippen LogP contribution in [-0.4, -0.2) is 34.0 Å². The number of anilines is 1. The molecule has 0 bridgehead atoms. The van der Waals surface area contributed by atoms with E-state index in [0.29, 0.717) is 5.69 Å². The molecule has 19 heavy (non-hydrogen) atoms. The number of aromatic nitrogens is 1. The lowest BCUT2D eigenvalue weighted by atomic mass is 10.2. The van der Waals surface area contributed by atoms with Crippen molar-refractivity contribution in [3.05, 3.63) is 24.0 Å². The summed E-state index contributed by atoms with van der Waals surface area (Å²) in [6, 6.07) is 1.19. The highest BCUT2D eigenvalue weighted by Crippen LogP contribution is 2.05. The third kappa shape index (κ3) is 5.02.